The molecule has 1 aliphatic rings. The highest BCUT2D eigenvalue weighted by Gasteiger charge is 2.26. The molecule has 1 aromatic carbocycles. The Bertz CT molecular complexity index is 621. The fourth-order valence-corrected chi connectivity index (χ4v) is 2.80. The molecule has 0 unspecified atom stereocenters. The third-order valence-electron chi connectivity index (χ3n) is 4.15. The Morgan fingerprint density at radius 1 is 1.14 bits per heavy atom. The number of hydrogen-bond donors (Lipinski definition) is 1. The van der Waals surface area contributed by atoms with Crippen LogP contribution in [0.15, 0.2) is 22.7 Å². The lowest BCUT2D eigenvalue weighted by Crippen LogP contribution is -2.20. The first kappa shape index (κ1) is 14.1. The Labute approximate surface area is 121 Å². The highest BCUT2D eigenvalue weighted by atomic mass is 19.2. The van der Waals surface area contributed by atoms with E-state index in [0.29, 0.717) is 23.2 Å². The van der Waals surface area contributed by atoms with E-state index in [0.717, 1.165) is 44.4 Å². The van der Waals surface area contributed by atoms with Gasteiger partial charge in [0.05, 0.1) is 0 Å². The Kier molecular flexibility index (Phi) is 3.96. The molecule has 0 radical (unpaired) electrons. The summed E-state index contributed by atoms with van der Waals surface area (Å²) in [5, 5.41) is 3.87. The molecule has 3 rings (SSSR count). The van der Waals surface area contributed by atoms with Gasteiger partial charge in [0.15, 0.2) is 11.6 Å². The molecule has 0 saturated heterocycles. The number of hydrogen-bond acceptors (Lipinski definition) is 4. The van der Waals surface area contributed by atoms with E-state index in [-0.39, 0.29) is 5.92 Å². The van der Waals surface area contributed by atoms with Crippen molar-refractivity contribution < 1.29 is 13.3 Å². The zero-order valence-electron chi connectivity index (χ0n) is 11.6. The van der Waals surface area contributed by atoms with Crippen molar-refractivity contribution in [2.45, 2.75) is 31.6 Å². The van der Waals surface area contributed by atoms with Crippen LogP contribution in [0.4, 0.5) is 8.78 Å². The first-order valence-corrected chi connectivity index (χ1v) is 7.16. The molecule has 0 aliphatic heterocycles. The van der Waals surface area contributed by atoms with Crippen molar-refractivity contribution in [2.24, 2.45) is 11.7 Å². The molecule has 6 heteroatoms. The number of benzene rings is 1. The molecule has 1 fully saturated rings. The minimum Gasteiger partial charge on any atom is -0.339 e. The van der Waals surface area contributed by atoms with Gasteiger partial charge in [0.25, 0.3) is 0 Å². The molecule has 0 atom stereocenters. The van der Waals surface area contributed by atoms with Crippen molar-refractivity contribution in [1.29, 1.82) is 0 Å². The van der Waals surface area contributed by atoms with E-state index in [1.165, 1.54) is 6.07 Å². The third kappa shape index (κ3) is 2.95. The summed E-state index contributed by atoms with van der Waals surface area (Å²) in [5.41, 5.74) is 6.09. The summed E-state index contributed by atoms with van der Waals surface area (Å²) in [7, 11) is 0. The smallest absolute Gasteiger partial charge is 0.230 e. The number of rotatable bonds is 3. The zero-order valence-corrected chi connectivity index (χ0v) is 11.6. The van der Waals surface area contributed by atoms with Gasteiger partial charge in [-0.3, -0.25) is 0 Å². The minimum atomic E-state index is -0.915. The molecule has 2 aromatic rings. The molecular weight excluding hydrogens is 276 g/mol. The van der Waals surface area contributed by atoms with E-state index in [4.69, 9.17) is 10.3 Å². The van der Waals surface area contributed by atoms with Crippen LogP contribution in [0.2, 0.25) is 0 Å². The molecule has 0 spiro atoms. The predicted molar refractivity (Wildman–Crippen MR) is 73.4 cm³/mol. The maximum Gasteiger partial charge on any atom is 0.230 e. The third-order valence-corrected chi connectivity index (χ3v) is 4.15. The summed E-state index contributed by atoms with van der Waals surface area (Å²) >= 11 is 0. The maximum atomic E-state index is 13.2. The number of nitrogens with zero attached hydrogens (tertiary/aromatic N) is 2. The quantitative estimate of drug-likeness (QED) is 0.943. The first-order valence-electron chi connectivity index (χ1n) is 7.16. The van der Waals surface area contributed by atoms with Crippen LogP contribution in [0, 0.1) is 17.6 Å². The van der Waals surface area contributed by atoms with E-state index in [1.54, 1.807) is 0 Å². The minimum absolute atomic E-state index is 0.236. The Balaban J connectivity index is 1.76. The average molecular weight is 293 g/mol. The van der Waals surface area contributed by atoms with Crippen molar-refractivity contribution in [2.75, 3.05) is 6.54 Å². The van der Waals surface area contributed by atoms with Crippen molar-refractivity contribution in [3.63, 3.8) is 0 Å². The fourth-order valence-electron chi connectivity index (χ4n) is 2.80. The van der Waals surface area contributed by atoms with Crippen LogP contribution in [-0.2, 0) is 0 Å². The van der Waals surface area contributed by atoms with Gasteiger partial charge in [-0.05, 0) is 56.3 Å². The fraction of sp³-hybridized carbons (Fsp3) is 0.467. The molecule has 112 valence electrons. The molecule has 0 amide bonds. The van der Waals surface area contributed by atoms with E-state index < -0.39 is 11.6 Å². The van der Waals surface area contributed by atoms with E-state index in [2.05, 4.69) is 10.1 Å². The molecule has 1 heterocycles. The Morgan fingerprint density at radius 3 is 2.57 bits per heavy atom. The van der Waals surface area contributed by atoms with Crippen molar-refractivity contribution in [3.8, 4) is 11.4 Å². The lowest BCUT2D eigenvalue weighted by atomic mass is 9.82. The molecule has 4 nitrogen and oxygen atoms in total. The molecule has 2 N–H and O–H groups in total. The molecular formula is C15H17F2N3O. The Hall–Kier alpha value is -1.82. The lowest BCUT2D eigenvalue weighted by Gasteiger charge is -2.24. The van der Waals surface area contributed by atoms with Crippen LogP contribution in [0.1, 0.15) is 37.5 Å². The van der Waals surface area contributed by atoms with Crippen molar-refractivity contribution in [1.82, 2.24) is 10.1 Å². The predicted octanol–water partition coefficient (Wildman–Crippen LogP) is 3.25. The molecule has 1 aliphatic carbocycles. The molecule has 1 saturated carbocycles. The normalized spacial score (nSPS) is 22.4. The highest BCUT2D eigenvalue weighted by Crippen LogP contribution is 2.35. The van der Waals surface area contributed by atoms with Crippen LogP contribution >= 0.6 is 0 Å². The Morgan fingerprint density at radius 2 is 1.90 bits per heavy atom. The van der Waals surface area contributed by atoms with Gasteiger partial charge in [-0.2, -0.15) is 4.98 Å². The van der Waals surface area contributed by atoms with Crippen LogP contribution in [0.25, 0.3) is 11.4 Å². The topological polar surface area (TPSA) is 64.9 Å². The monoisotopic (exact) mass is 293 g/mol. The van der Waals surface area contributed by atoms with Gasteiger partial charge >= 0.3 is 0 Å². The number of nitrogens with two attached hydrogens (primary N) is 1. The summed E-state index contributed by atoms with van der Waals surface area (Å²) in [5.74, 6) is -0.117. The SMILES string of the molecule is NCC1CCC(c2nc(-c3ccc(F)c(F)c3)no2)CC1. The van der Waals surface area contributed by atoms with Gasteiger partial charge in [-0.15, -0.1) is 0 Å². The van der Waals surface area contributed by atoms with Crippen molar-refractivity contribution >= 4 is 0 Å². The van der Waals surface area contributed by atoms with Gasteiger partial charge in [-0.25, -0.2) is 8.78 Å². The van der Waals surface area contributed by atoms with Crippen LogP contribution in [0.5, 0.6) is 0 Å². The second-order valence-electron chi connectivity index (χ2n) is 5.54. The highest BCUT2D eigenvalue weighted by molar-refractivity contribution is 5.54. The van der Waals surface area contributed by atoms with Crippen molar-refractivity contribution in [3.05, 3.63) is 35.7 Å². The number of aromatic nitrogens is 2. The zero-order chi connectivity index (χ0) is 14.8. The first-order chi connectivity index (χ1) is 10.2. The summed E-state index contributed by atoms with van der Waals surface area (Å²) in [6, 6.07) is 3.58. The van der Waals surface area contributed by atoms with Gasteiger partial charge in [-0.1, -0.05) is 5.16 Å². The molecule has 0 bridgehead atoms. The molecule has 1 aromatic heterocycles. The molecule has 21 heavy (non-hydrogen) atoms. The maximum absolute atomic E-state index is 13.2. The van der Waals surface area contributed by atoms with E-state index >= 15 is 0 Å². The van der Waals surface area contributed by atoms with E-state index in [9.17, 15) is 8.78 Å². The van der Waals surface area contributed by atoms with Gasteiger partial charge in [0.1, 0.15) is 0 Å². The lowest BCUT2D eigenvalue weighted by molar-refractivity contribution is 0.275. The van der Waals surface area contributed by atoms with Crippen LogP contribution < -0.4 is 5.73 Å². The van der Waals surface area contributed by atoms with Gasteiger partial charge in [0, 0.05) is 11.5 Å². The summed E-state index contributed by atoms with van der Waals surface area (Å²) in [6.07, 6.45) is 4.07. The summed E-state index contributed by atoms with van der Waals surface area (Å²) < 4.78 is 31.5. The second kappa shape index (κ2) is 5.89. The largest absolute Gasteiger partial charge is 0.339 e. The summed E-state index contributed by atoms with van der Waals surface area (Å²) in [4.78, 5) is 4.33. The van der Waals surface area contributed by atoms with Gasteiger partial charge in [0.2, 0.25) is 11.7 Å². The average Bonchev–Trinajstić information content (AvgIpc) is 3.00. The van der Waals surface area contributed by atoms with Crippen LogP contribution in [-0.4, -0.2) is 16.7 Å². The summed E-state index contributed by atoms with van der Waals surface area (Å²) in [6.45, 7) is 0.719. The number of halogens is 2. The van der Waals surface area contributed by atoms with Crippen LogP contribution in [0.3, 0.4) is 0 Å². The second-order valence-corrected chi connectivity index (χ2v) is 5.54. The standard InChI is InChI=1S/C15H17F2N3O/c16-12-6-5-11(7-13(12)17)14-19-15(21-20-14)10-3-1-9(8-18)2-4-10/h5-7,9-10H,1-4,8,18H2. The van der Waals surface area contributed by atoms with E-state index in [1.807, 2.05) is 0 Å². The van der Waals surface area contributed by atoms with Gasteiger partial charge < -0.3 is 10.3 Å².